The molecule has 6 heteroatoms. The molecule has 1 amide bonds. The van der Waals surface area contributed by atoms with E-state index in [1.165, 1.54) is 4.90 Å². The molecule has 1 aromatic carbocycles. The molecule has 1 fully saturated rings. The van der Waals surface area contributed by atoms with Crippen LogP contribution in [0.1, 0.15) is 27.7 Å². The first kappa shape index (κ1) is 14.3. The first-order valence-corrected chi connectivity index (χ1v) is 7.06. The summed E-state index contributed by atoms with van der Waals surface area (Å²) in [5, 5.41) is 13.2. The zero-order chi connectivity index (χ0) is 15.7. The summed E-state index contributed by atoms with van der Waals surface area (Å²) >= 11 is 0. The number of likely N-dealkylation sites (tertiary alicyclic amines) is 1. The number of nitrogens with zero attached hydrogens (tertiary/aromatic N) is 2. The first-order valence-electron chi connectivity index (χ1n) is 7.06. The average molecular weight is 300 g/mol. The zero-order valence-corrected chi connectivity index (χ0v) is 12.1. The molecule has 2 aromatic rings. The third-order valence-corrected chi connectivity index (χ3v) is 4.00. The van der Waals surface area contributed by atoms with Gasteiger partial charge in [0.1, 0.15) is 5.76 Å². The molecular formula is C16H16N2O4. The molecule has 1 aliphatic heterocycles. The van der Waals surface area contributed by atoms with Gasteiger partial charge in [-0.05, 0) is 12.5 Å². The molecule has 0 aliphatic carbocycles. The van der Waals surface area contributed by atoms with Crippen molar-refractivity contribution < 1.29 is 19.2 Å². The minimum absolute atomic E-state index is 0.180. The Morgan fingerprint density at radius 3 is 2.59 bits per heavy atom. The van der Waals surface area contributed by atoms with Gasteiger partial charge in [-0.2, -0.15) is 0 Å². The van der Waals surface area contributed by atoms with Crippen molar-refractivity contribution in [2.24, 2.45) is 5.92 Å². The molecule has 1 aliphatic rings. The van der Waals surface area contributed by atoms with Crippen LogP contribution in [0.2, 0.25) is 0 Å². The number of rotatable bonds is 3. The van der Waals surface area contributed by atoms with Crippen LogP contribution in [0.15, 0.2) is 40.9 Å². The molecule has 2 atom stereocenters. The van der Waals surface area contributed by atoms with Crippen LogP contribution in [-0.2, 0) is 4.79 Å². The highest BCUT2D eigenvalue weighted by Crippen LogP contribution is 2.33. The Balaban J connectivity index is 1.84. The number of aliphatic carboxylic acids is 1. The molecule has 0 spiro atoms. The molecular weight excluding hydrogens is 284 g/mol. The van der Waals surface area contributed by atoms with Gasteiger partial charge in [0.25, 0.3) is 5.91 Å². The van der Waals surface area contributed by atoms with Crippen molar-refractivity contribution in [2.45, 2.75) is 12.8 Å². The Morgan fingerprint density at radius 2 is 2.00 bits per heavy atom. The number of carboxylic acids is 1. The maximum Gasteiger partial charge on any atom is 0.308 e. The molecule has 2 unspecified atom stereocenters. The Bertz CT molecular complexity index is 695. The predicted octanol–water partition coefficient (Wildman–Crippen LogP) is 1.92. The number of benzene rings is 1. The van der Waals surface area contributed by atoms with Crippen molar-refractivity contribution in [3.8, 4) is 0 Å². The van der Waals surface area contributed by atoms with E-state index in [4.69, 9.17) is 4.52 Å². The third kappa shape index (κ3) is 2.59. The van der Waals surface area contributed by atoms with Gasteiger partial charge in [0.05, 0.1) is 5.92 Å². The molecule has 1 N–H and O–H groups in total. The number of amides is 1. The second-order valence-corrected chi connectivity index (χ2v) is 5.49. The number of aromatic nitrogens is 1. The highest BCUT2D eigenvalue weighted by atomic mass is 16.5. The second-order valence-electron chi connectivity index (χ2n) is 5.49. The van der Waals surface area contributed by atoms with E-state index in [2.05, 4.69) is 5.16 Å². The van der Waals surface area contributed by atoms with Gasteiger partial charge < -0.3 is 14.5 Å². The second kappa shape index (κ2) is 5.63. The van der Waals surface area contributed by atoms with Crippen molar-refractivity contribution in [2.75, 3.05) is 13.1 Å². The molecule has 3 rings (SSSR count). The van der Waals surface area contributed by atoms with Crippen LogP contribution in [-0.4, -0.2) is 40.1 Å². The highest BCUT2D eigenvalue weighted by Gasteiger charge is 2.41. The number of carbonyl (C=O) groups excluding carboxylic acids is 1. The zero-order valence-electron chi connectivity index (χ0n) is 12.1. The lowest BCUT2D eigenvalue weighted by Gasteiger charge is -2.15. The summed E-state index contributed by atoms with van der Waals surface area (Å²) in [5.74, 6) is -1.45. The average Bonchev–Trinajstić information content (AvgIpc) is 3.14. The molecule has 1 aromatic heterocycles. The summed E-state index contributed by atoms with van der Waals surface area (Å²) in [7, 11) is 0. The summed E-state index contributed by atoms with van der Waals surface area (Å²) in [6.45, 7) is 2.26. The van der Waals surface area contributed by atoms with E-state index in [-0.39, 0.29) is 24.1 Å². The molecule has 0 radical (unpaired) electrons. The fraction of sp³-hybridized carbons (Fsp3) is 0.312. The van der Waals surface area contributed by atoms with Crippen LogP contribution in [0.5, 0.6) is 0 Å². The standard InChI is InChI=1S/C16H16N2O4/c1-10-7-14(17-22-10)15(19)18-8-12(13(9-18)16(20)21)11-5-3-2-4-6-11/h2-7,12-13H,8-9H2,1H3,(H,20,21). The minimum Gasteiger partial charge on any atom is -0.481 e. The summed E-state index contributed by atoms with van der Waals surface area (Å²) in [6, 6.07) is 11.0. The largest absolute Gasteiger partial charge is 0.481 e. The lowest BCUT2D eigenvalue weighted by Crippen LogP contribution is -2.30. The van der Waals surface area contributed by atoms with Crippen molar-refractivity contribution in [1.29, 1.82) is 0 Å². The minimum atomic E-state index is -0.888. The van der Waals surface area contributed by atoms with Crippen LogP contribution in [0.4, 0.5) is 0 Å². The van der Waals surface area contributed by atoms with Crippen molar-refractivity contribution in [1.82, 2.24) is 10.1 Å². The molecule has 114 valence electrons. The lowest BCUT2D eigenvalue weighted by molar-refractivity contribution is -0.141. The predicted molar refractivity (Wildman–Crippen MR) is 77.5 cm³/mol. The van der Waals surface area contributed by atoms with E-state index in [1.54, 1.807) is 13.0 Å². The van der Waals surface area contributed by atoms with Gasteiger partial charge in [-0.25, -0.2) is 0 Å². The third-order valence-electron chi connectivity index (χ3n) is 4.00. The topological polar surface area (TPSA) is 83.6 Å². The number of hydrogen-bond acceptors (Lipinski definition) is 4. The summed E-state index contributed by atoms with van der Waals surface area (Å²) < 4.78 is 4.92. The molecule has 1 saturated heterocycles. The van der Waals surface area contributed by atoms with E-state index in [0.29, 0.717) is 12.3 Å². The quantitative estimate of drug-likeness (QED) is 0.936. The highest BCUT2D eigenvalue weighted by molar-refractivity contribution is 5.93. The van der Waals surface area contributed by atoms with E-state index >= 15 is 0 Å². The Labute approximate surface area is 127 Å². The SMILES string of the molecule is Cc1cc(C(=O)N2CC(C(=O)O)C(c3ccccc3)C2)no1. The summed E-state index contributed by atoms with van der Waals surface area (Å²) in [4.78, 5) is 25.5. The maximum atomic E-state index is 12.4. The monoisotopic (exact) mass is 300 g/mol. The van der Waals surface area contributed by atoms with E-state index < -0.39 is 11.9 Å². The Kier molecular flexibility index (Phi) is 3.66. The fourth-order valence-electron chi connectivity index (χ4n) is 2.89. The van der Waals surface area contributed by atoms with Gasteiger partial charge in [0.15, 0.2) is 5.69 Å². The first-order chi connectivity index (χ1) is 10.6. The number of hydrogen-bond donors (Lipinski definition) is 1. The Morgan fingerprint density at radius 1 is 1.27 bits per heavy atom. The van der Waals surface area contributed by atoms with Crippen LogP contribution in [0.25, 0.3) is 0 Å². The van der Waals surface area contributed by atoms with E-state index in [1.807, 2.05) is 30.3 Å². The van der Waals surface area contributed by atoms with Gasteiger partial charge in [0, 0.05) is 25.1 Å². The van der Waals surface area contributed by atoms with Crippen molar-refractivity contribution >= 4 is 11.9 Å². The number of aryl methyl sites for hydroxylation is 1. The molecule has 0 bridgehead atoms. The van der Waals surface area contributed by atoms with Crippen LogP contribution in [0.3, 0.4) is 0 Å². The normalized spacial score (nSPS) is 21.0. The Hall–Kier alpha value is -2.63. The molecule has 6 nitrogen and oxygen atoms in total. The van der Waals surface area contributed by atoms with E-state index in [9.17, 15) is 14.7 Å². The number of carbonyl (C=O) groups is 2. The summed E-state index contributed by atoms with van der Waals surface area (Å²) in [5.41, 5.74) is 1.15. The maximum absolute atomic E-state index is 12.4. The van der Waals surface area contributed by atoms with Gasteiger partial charge in [0.2, 0.25) is 0 Å². The molecule has 0 saturated carbocycles. The van der Waals surface area contributed by atoms with Crippen LogP contribution >= 0.6 is 0 Å². The molecule has 2 heterocycles. The van der Waals surface area contributed by atoms with Crippen LogP contribution in [0, 0.1) is 12.8 Å². The van der Waals surface area contributed by atoms with Crippen molar-refractivity contribution in [3.05, 3.63) is 53.4 Å². The molecule has 22 heavy (non-hydrogen) atoms. The smallest absolute Gasteiger partial charge is 0.308 e. The van der Waals surface area contributed by atoms with E-state index in [0.717, 1.165) is 5.56 Å². The van der Waals surface area contributed by atoms with Crippen LogP contribution < -0.4 is 0 Å². The van der Waals surface area contributed by atoms with Gasteiger partial charge in [-0.15, -0.1) is 0 Å². The van der Waals surface area contributed by atoms with Gasteiger partial charge in [-0.1, -0.05) is 35.5 Å². The lowest BCUT2D eigenvalue weighted by atomic mass is 9.89. The van der Waals surface area contributed by atoms with Gasteiger partial charge in [-0.3, -0.25) is 9.59 Å². The van der Waals surface area contributed by atoms with Gasteiger partial charge >= 0.3 is 5.97 Å². The van der Waals surface area contributed by atoms with Crippen molar-refractivity contribution in [3.63, 3.8) is 0 Å². The number of carboxylic acid groups (broad SMARTS) is 1. The fourth-order valence-corrected chi connectivity index (χ4v) is 2.89. The summed E-state index contributed by atoms with van der Waals surface area (Å²) in [6.07, 6.45) is 0.